The summed E-state index contributed by atoms with van der Waals surface area (Å²) >= 11 is 0. The number of aliphatic imine (C=N–C) groups is 1. The van der Waals surface area contributed by atoms with E-state index in [0.29, 0.717) is 0 Å². The number of pyridine rings is 1. The van der Waals surface area contributed by atoms with Crippen molar-refractivity contribution in [3.63, 3.8) is 0 Å². The van der Waals surface area contributed by atoms with Crippen LogP contribution in [0, 0.1) is 11.6 Å². The average molecular weight is 429 g/mol. The van der Waals surface area contributed by atoms with Gasteiger partial charge in [-0.15, -0.1) is 12.4 Å². The summed E-state index contributed by atoms with van der Waals surface area (Å²) < 4.78 is 53.3. The summed E-state index contributed by atoms with van der Waals surface area (Å²) in [5, 5.41) is 2.52. The van der Waals surface area contributed by atoms with Crippen LogP contribution in [0.2, 0.25) is 0 Å². The lowest BCUT2D eigenvalue weighted by molar-refractivity contribution is 0.00905. The van der Waals surface area contributed by atoms with Gasteiger partial charge in [-0.25, -0.2) is 23.1 Å². The molecule has 154 valence electrons. The Morgan fingerprint density at radius 1 is 1.17 bits per heavy atom. The molecule has 2 atom stereocenters. The fourth-order valence-corrected chi connectivity index (χ4v) is 3.32. The summed E-state index contributed by atoms with van der Waals surface area (Å²) in [4.78, 5) is 20.0. The van der Waals surface area contributed by atoms with Crippen LogP contribution in [-0.2, 0) is 15.0 Å². The quantitative estimate of drug-likeness (QED) is 0.781. The highest BCUT2D eigenvalue weighted by Gasteiger charge is 2.62. The molecule has 3 N–H and O–H groups in total. The fourth-order valence-electron chi connectivity index (χ4n) is 3.32. The molecule has 1 aromatic heterocycles. The zero-order chi connectivity index (χ0) is 19.9. The number of halogens is 4. The van der Waals surface area contributed by atoms with Crippen molar-refractivity contribution >= 4 is 30.0 Å². The number of anilines is 1. The SMILES string of the molecule is Cl.NC1=NC2(c3cc(NC(=O)c4ccc(F)cn4)ccc3F)COCC2(F)CO1. The summed E-state index contributed by atoms with van der Waals surface area (Å²) in [6.07, 6.45) is 0.900. The summed E-state index contributed by atoms with van der Waals surface area (Å²) in [6.45, 7) is -1.00. The Kier molecular flexibility index (Phi) is 5.42. The highest BCUT2D eigenvalue weighted by molar-refractivity contribution is 6.02. The number of nitrogens with one attached hydrogen (secondary N) is 1. The number of amides is 1. The van der Waals surface area contributed by atoms with Gasteiger partial charge in [-0.3, -0.25) is 4.79 Å². The highest BCUT2D eigenvalue weighted by atomic mass is 35.5. The monoisotopic (exact) mass is 428 g/mol. The van der Waals surface area contributed by atoms with Crippen LogP contribution in [0.5, 0.6) is 0 Å². The third kappa shape index (κ3) is 3.49. The molecule has 2 unspecified atom stereocenters. The van der Waals surface area contributed by atoms with E-state index in [0.717, 1.165) is 18.3 Å². The van der Waals surface area contributed by atoms with Crippen LogP contribution in [0.4, 0.5) is 18.9 Å². The Labute approximate surface area is 169 Å². The standard InChI is InChI=1S/C18H15F3N4O3.ClH/c19-10-1-4-14(23-6-10)15(26)24-11-2-3-13(20)12(5-11)18-9-27-7-17(18,21)8-28-16(22)25-18;/h1-6H,7-9H2,(H2,22,25)(H,24,26);1H. The number of ether oxygens (including phenoxy) is 2. The number of carbonyl (C=O) groups is 1. The maximum Gasteiger partial charge on any atom is 0.283 e. The second-order valence-electron chi connectivity index (χ2n) is 6.57. The van der Waals surface area contributed by atoms with Crippen LogP contribution in [0.1, 0.15) is 16.1 Å². The molecule has 4 rings (SSSR count). The van der Waals surface area contributed by atoms with Gasteiger partial charge in [0, 0.05) is 11.3 Å². The molecule has 2 aliphatic heterocycles. The molecule has 0 bridgehead atoms. The largest absolute Gasteiger partial charge is 0.462 e. The van der Waals surface area contributed by atoms with Crippen molar-refractivity contribution in [3.8, 4) is 0 Å². The molecule has 0 radical (unpaired) electrons. The summed E-state index contributed by atoms with van der Waals surface area (Å²) in [5.41, 5.74) is 1.78. The number of nitrogens with two attached hydrogens (primary N) is 1. The summed E-state index contributed by atoms with van der Waals surface area (Å²) in [7, 11) is 0. The number of fused-ring (bicyclic) bond motifs is 1. The molecule has 0 aliphatic carbocycles. The van der Waals surface area contributed by atoms with Gasteiger partial charge in [0.2, 0.25) is 0 Å². The van der Waals surface area contributed by atoms with Gasteiger partial charge in [0.05, 0.1) is 19.4 Å². The zero-order valence-corrected chi connectivity index (χ0v) is 15.6. The van der Waals surface area contributed by atoms with Crippen molar-refractivity contribution in [3.05, 3.63) is 59.4 Å². The van der Waals surface area contributed by atoms with E-state index in [4.69, 9.17) is 15.2 Å². The number of aromatic nitrogens is 1. The fraction of sp³-hybridized carbons (Fsp3) is 0.278. The number of amidine groups is 1. The second kappa shape index (κ2) is 7.53. The molecule has 2 aromatic rings. The van der Waals surface area contributed by atoms with Crippen molar-refractivity contribution in [2.45, 2.75) is 11.2 Å². The lowest BCUT2D eigenvalue weighted by Crippen LogP contribution is -2.55. The highest BCUT2D eigenvalue weighted by Crippen LogP contribution is 2.48. The van der Waals surface area contributed by atoms with Gasteiger partial charge in [0.15, 0.2) is 11.2 Å². The smallest absolute Gasteiger partial charge is 0.283 e. The van der Waals surface area contributed by atoms with E-state index in [2.05, 4.69) is 15.3 Å². The number of carbonyl (C=O) groups excluding carboxylic acids is 1. The first-order valence-corrected chi connectivity index (χ1v) is 8.31. The molecule has 3 heterocycles. The predicted octanol–water partition coefficient (Wildman–Crippen LogP) is 2.31. The van der Waals surface area contributed by atoms with E-state index in [1.54, 1.807) is 0 Å². The molecule has 1 saturated heterocycles. The Balaban J connectivity index is 0.00000240. The Bertz CT molecular complexity index is 975. The molecule has 11 heteroatoms. The number of nitrogens with zero attached hydrogens (tertiary/aromatic N) is 2. The normalized spacial score (nSPS) is 25.3. The second-order valence-corrected chi connectivity index (χ2v) is 6.57. The Morgan fingerprint density at radius 2 is 1.97 bits per heavy atom. The van der Waals surface area contributed by atoms with Gasteiger partial charge >= 0.3 is 0 Å². The lowest BCUT2D eigenvalue weighted by atomic mass is 9.78. The van der Waals surface area contributed by atoms with E-state index >= 15 is 4.39 Å². The van der Waals surface area contributed by atoms with Crippen LogP contribution in [0.25, 0.3) is 0 Å². The van der Waals surface area contributed by atoms with Crippen molar-refractivity contribution in [1.29, 1.82) is 0 Å². The molecule has 0 spiro atoms. The van der Waals surface area contributed by atoms with Crippen LogP contribution in [0.15, 0.2) is 41.5 Å². The number of hydrogen-bond donors (Lipinski definition) is 2. The van der Waals surface area contributed by atoms with E-state index in [1.807, 2.05) is 0 Å². The maximum absolute atomic E-state index is 15.4. The topological polar surface area (TPSA) is 98.8 Å². The molecule has 1 fully saturated rings. The van der Waals surface area contributed by atoms with Gasteiger partial charge in [-0.1, -0.05) is 0 Å². The maximum atomic E-state index is 15.4. The van der Waals surface area contributed by atoms with E-state index in [-0.39, 0.29) is 48.6 Å². The first kappa shape index (κ1) is 20.9. The third-order valence-electron chi connectivity index (χ3n) is 4.76. The number of benzene rings is 1. The minimum atomic E-state index is -2.11. The van der Waals surface area contributed by atoms with E-state index in [9.17, 15) is 13.6 Å². The molecule has 29 heavy (non-hydrogen) atoms. The van der Waals surface area contributed by atoms with Crippen molar-refractivity contribution < 1.29 is 27.4 Å². The van der Waals surface area contributed by atoms with E-state index < -0.39 is 35.4 Å². The van der Waals surface area contributed by atoms with Gasteiger partial charge in [0.1, 0.15) is 23.9 Å². The van der Waals surface area contributed by atoms with Crippen LogP contribution >= 0.6 is 12.4 Å². The van der Waals surface area contributed by atoms with Gasteiger partial charge < -0.3 is 20.5 Å². The van der Waals surface area contributed by atoms with Gasteiger partial charge in [0.25, 0.3) is 11.9 Å². The minimum Gasteiger partial charge on any atom is -0.462 e. The molecule has 7 nitrogen and oxygen atoms in total. The third-order valence-corrected chi connectivity index (χ3v) is 4.76. The Hall–Kier alpha value is -2.85. The van der Waals surface area contributed by atoms with Gasteiger partial charge in [-0.05, 0) is 30.3 Å². The predicted molar refractivity (Wildman–Crippen MR) is 99.7 cm³/mol. The van der Waals surface area contributed by atoms with Crippen molar-refractivity contribution in [1.82, 2.24) is 4.98 Å². The first-order chi connectivity index (χ1) is 13.3. The molecule has 2 aliphatic rings. The van der Waals surface area contributed by atoms with Crippen molar-refractivity contribution in [2.75, 3.05) is 25.1 Å². The number of rotatable bonds is 3. The van der Waals surface area contributed by atoms with Crippen LogP contribution in [-0.4, -0.2) is 42.4 Å². The molecule has 1 aromatic carbocycles. The molecular formula is C18H16ClF3N4O3. The van der Waals surface area contributed by atoms with Gasteiger partial charge in [-0.2, -0.15) is 0 Å². The summed E-state index contributed by atoms with van der Waals surface area (Å²) in [5.74, 6) is -1.96. The Morgan fingerprint density at radius 3 is 2.69 bits per heavy atom. The zero-order valence-electron chi connectivity index (χ0n) is 14.8. The van der Waals surface area contributed by atoms with E-state index in [1.165, 1.54) is 18.2 Å². The number of hydrogen-bond acceptors (Lipinski definition) is 6. The minimum absolute atomic E-state index is 0. The molecule has 0 saturated carbocycles. The molecule has 1 amide bonds. The van der Waals surface area contributed by atoms with Crippen molar-refractivity contribution in [2.24, 2.45) is 10.7 Å². The first-order valence-electron chi connectivity index (χ1n) is 8.31. The lowest BCUT2D eigenvalue weighted by Gasteiger charge is -2.38. The molecular weight excluding hydrogens is 413 g/mol. The number of alkyl halides is 1. The van der Waals surface area contributed by atoms with Crippen LogP contribution in [0.3, 0.4) is 0 Å². The average Bonchev–Trinajstić information content (AvgIpc) is 3.01. The summed E-state index contributed by atoms with van der Waals surface area (Å²) in [6, 6.07) is 5.67. The van der Waals surface area contributed by atoms with Crippen LogP contribution < -0.4 is 11.1 Å².